The molecule has 0 unspecified atom stereocenters. The highest BCUT2D eigenvalue weighted by atomic mass is 19.1. The number of ether oxygens (including phenoxy) is 2. The Kier molecular flexibility index (Phi) is 5.48. The van der Waals surface area contributed by atoms with Gasteiger partial charge in [-0.05, 0) is 44.5 Å². The predicted octanol–water partition coefficient (Wildman–Crippen LogP) is 3.65. The topological polar surface area (TPSA) is 99.6 Å². The van der Waals surface area contributed by atoms with E-state index in [0.717, 1.165) is 0 Å². The van der Waals surface area contributed by atoms with Crippen molar-refractivity contribution in [1.82, 2.24) is 0 Å². The summed E-state index contributed by atoms with van der Waals surface area (Å²) in [5.74, 6) is -0.572. The number of hydrogen-bond acceptors (Lipinski definition) is 5. The van der Waals surface area contributed by atoms with E-state index in [4.69, 9.17) is 15.0 Å². The van der Waals surface area contributed by atoms with Crippen molar-refractivity contribution < 1.29 is 18.7 Å². The Labute approximate surface area is 139 Å². The molecule has 0 aliphatic carbocycles. The molecular formula is C15H20FN5O3. The molecule has 0 spiro atoms. The summed E-state index contributed by atoms with van der Waals surface area (Å²) in [6.45, 7) is 6.19. The number of anilines is 2. The standard InChI is InChI=1S/C15H20FN5O3/c1-15(2,3)24-14(22)19-13-5-4-10(6-12(13)16)21-8-11(23-9-21)7-18-20-17/h4-6,11H,7-9H2,1-3H3,(H,19,22)/t11-/m1/s1. The number of azide groups is 1. The number of nitrogens with one attached hydrogen (secondary N) is 1. The van der Waals surface area contributed by atoms with Crippen molar-refractivity contribution in [2.75, 3.05) is 30.0 Å². The summed E-state index contributed by atoms with van der Waals surface area (Å²) in [7, 11) is 0. The zero-order chi connectivity index (χ0) is 17.7. The predicted molar refractivity (Wildman–Crippen MR) is 87.4 cm³/mol. The second-order valence-electron chi connectivity index (χ2n) is 6.34. The normalized spacial score (nSPS) is 17.3. The van der Waals surface area contributed by atoms with Crippen LogP contribution < -0.4 is 10.2 Å². The zero-order valence-electron chi connectivity index (χ0n) is 13.8. The SMILES string of the molecule is CC(C)(C)OC(=O)Nc1ccc(N2CO[C@H](CN=[N+]=[N-])C2)cc1F. The van der Waals surface area contributed by atoms with E-state index in [1.807, 2.05) is 4.90 Å². The summed E-state index contributed by atoms with van der Waals surface area (Å²) in [6, 6.07) is 4.45. The largest absolute Gasteiger partial charge is 0.444 e. The van der Waals surface area contributed by atoms with Crippen molar-refractivity contribution in [3.05, 3.63) is 34.5 Å². The molecule has 0 radical (unpaired) electrons. The number of nitrogens with zero attached hydrogens (tertiary/aromatic N) is 4. The van der Waals surface area contributed by atoms with Crippen LogP contribution in [0.1, 0.15) is 20.8 Å². The Morgan fingerprint density at radius 3 is 2.96 bits per heavy atom. The van der Waals surface area contributed by atoms with Gasteiger partial charge in [0.1, 0.15) is 18.1 Å². The van der Waals surface area contributed by atoms with E-state index in [0.29, 0.717) is 12.2 Å². The fraction of sp³-hybridized carbons (Fsp3) is 0.533. The second-order valence-corrected chi connectivity index (χ2v) is 6.34. The van der Waals surface area contributed by atoms with Gasteiger partial charge in [-0.2, -0.15) is 0 Å². The Morgan fingerprint density at radius 2 is 2.33 bits per heavy atom. The number of rotatable bonds is 4. The minimum Gasteiger partial charge on any atom is -0.444 e. The lowest BCUT2D eigenvalue weighted by Gasteiger charge is -2.20. The first-order chi connectivity index (χ1) is 11.3. The third-order valence-electron chi connectivity index (χ3n) is 3.19. The Morgan fingerprint density at radius 1 is 1.58 bits per heavy atom. The lowest BCUT2D eigenvalue weighted by molar-refractivity contribution is 0.0635. The van der Waals surface area contributed by atoms with Crippen LogP contribution in [0.4, 0.5) is 20.6 Å². The molecule has 24 heavy (non-hydrogen) atoms. The summed E-state index contributed by atoms with van der Waals surface area (Å²) < 4.78 is 24.7. The van der Waals surface area contributed by atoms with Gasteiger partial charge in [-0.1, -0.05) is 5.11 Å². The van der Waals surface area contributed by atoms with Crippen molar-refractivity contribution in [1.29, 1.82) is 0 Å². The molecule has 1 heterocycles. The summed E-state index contributed by atoms with van der Waals surface area (Å²) in [5.41, 5.74) is 8.31. The maximum Gasteiger partial charge on any atom is 0.412 e. The quantitative estimate of drug-likeness (QED) is 0.515. The van der Waals surface area contributed by atoms with Crippen LogP contribution in [0.2, 0.25) is 0 Å². The first-order valence-corrected chi connectivity index (χ1v) is 7.45. The smallest absolute Gasteiger partial charge is 0.412 e. The number of hydrogen-bond donors (Lipinski definition) is 1. The third kappa shape index (κ3) is 5.00. The van der Waals surface area contributed by atoms with E-state index in [1.54, 1.807) is 26.8 Å². The van der Waals surface area contributed by atoms with Gasteiger partial charge in [0.15, 0.2) is 0 Å². The Balaban J connectivity index is 2.00. The maximum atomic E-state index is 14.2. The second kappa shape index (κ2) is 7.37. The molecule has 9 heteroatoms. The van der Waals surface area contributed by atoms with E-state index in [2.05, 4.69) is 15.3 Å². The average molecular weight is 337 g/mol. The molecule has 1 atom stereocenters. The van der Waals surface area contributed by atoms with Crippen molar-refractivity contribution in [3.8, 4) is 0 Å². The molecule has 1 amide bonds. The first kappa shape index (κ1) is 17.8. The van der Waals surface area contributed by atoms with Gasteiger partial charge in [-0.25, -0.2) is 9.18 Å². The van der Waals surface area contributed by atoms with Crippen LogP contribution in [0.5, 0.6) is 0 Å². The summed E-state index contributed by atoms with van der Waals surface area (Å²) in [4.78, 5) is 16.2. The number of benzene rings is 1. The minimum atomic E-state index is -0.715. The van der Waals surface area contributed by atoms with E-state index in [1.165, 1.54) is 12.1 Å². The molecule has 1 aromatic rings. The van der Waals surface area contributed by atoms with E-state index < -0.39 is 17.5 Å². The zero-order valence-corrected chi connectivity index (χ0v) is 13.8. The number of carbonyl (C=O) groups is 1. The van der Waals surface area contributed by atoms with Gasteiger partial charge < -0.3 is 14.4 Å². The van der Waals surface area contributed by atoms with Crippen molar-refractivity contribution in [2.24, 2.45) is 5.11 Å². The van der Waals surface area contributed by atoms with Gasteiger partial charge in [0.2, 0.25) is 0 Å². The summed E-state index contributed by atoms with van der Waals surface area (Å²) in [6.07, 6.45) is -0.934. The van der Waals surface area contributed by atoms with Crippen molar-refractivity contribution in [2.45, 2.75) is 32.5 Å². The van der Waals surface area contributed by atoms with Crippen LogP contribution in [0.15, 0.2) is 23.3 Å². The molecule has 0 bridgehead atoms. The minimum absolute atomic E-state index is 0.0405. The van der Waals surface area contributed by atoms with Crippen LogP contribution >= 0.6 is 0 Å². The van der Waals surface area contributed by atoms with Gasteiger partial charge >= 0.3 is 6.09 Å². The Bertz CT molecular complexity index is 655. The maximum absolute atomic E-state index is 14.2. The molecule has 1 fully saturated rings. The third-order valence-corrected chi connectivity index (χ3v) is 3.19. The van der Waals surface area contributed by atoms with E-state index in [9.17, 15) is 9.18 Å². The van der Waals surface area contributed by atoms with Crippen LogP contribution in [0.25, 0.3) is 10.4 Å². The van der Waals surface area contributed by atoms with Gasteiger partial charge in [0.25, 0.3) is 0 Å². The molecule has 1 saturated heterocycles. The molecule has 1 aliphatic heterocycles. The summed E-state index contributed by atoms with van der Waals surface area (Å²) in [5, 5.41) is 5.85. The first-order valence-electron chi connectivity index (χ1n) is 7.45. The molecule has 2 rings (SSSR count). The average Bonchev–Trinajstić information content (AvgIpc) is 2.94. The highest BCUT2D eigenvalue weighted by Crippen LogP contribution is 2.25. The number of carbonyl (C=O) groups excluding carboxylic acids is 1. The fourth-order valence-corrected chi connectivity index (χ4v) is 2.18. The monoisotopic (exact) mass is 337 g/mol. The molecule has 1 aliphatic rings. The molecular weight excluding hydrogens is 317 g/mol. The molecule has 1 N–H and O–H groups in total. The molecule has 130 valence electrons. The van der Waals surface area contributed by atoms with Gasteiger partial charge in [0.05, 0.1) is 18.3 Å². The van der Waals surface area contributed by atoms with Crippen LogP contribution in [-0.2, 0) is 9.47 Å². The lowest BCUT2D eigenvalue weighted by atomic mass is 10.2. The lowest BCUT2D eigenvalue weighted by Crippen LogP contribution is -2.27. The number of amides is 1. The van der Waals surface area contributed by atoms with Gasteiger partial charge in [0, 0.05) is 17.1 Å². The van der Waals surface area contributed by atoms with Crippen LogP contribution in [-0.4, -0.2) is 37.6 Å². The highest BCUT2D eigenvalue weighted by Gasteiger charge is 2.24. The Hall–Kier alpha value is -2.51. The molecule has 1 aromatic carbocycles. The number of halogens is 1. The van der Waals surface area contributed by atoms with Gasteiger partial charge in [-0.15, -0.1) is 0 Å². The molecule has 0 aromatic heterocycles. The summed E-state index contributed by atoms with van der Waals surface area (Å²) >= 11 is 0. The molecule has 8 nitrogen and oxygen atoms in total. The highest BCUT2D eigenvalue weighted by molar-refractivity contribution is 5.85. The van der Waals surface area contributed by atoms with Crippen molar-refractivity contribution in [3.63, 3.8) is 0 Å². The fourth-order valence-electron chi connectivity index (χ4n) is 2.18. The van der Waals surface area contributed by atoms with Crippen molar-refractivity contribution >= 4 is 17.5 Å². The molecule has 0 saturated carbocycles. The van der Waals surface area contributed by atoms with E-state index >= 15 is 0 Å². The van der Waals surface area contributed by atoms with E-state index in [-0.39, 0.29) is 25.1 Å². The van der Waals surface area contributed by atoms with Gasteiger partial charge in [-0.3, -0.25) is 5.32 Å². The van der Waals surface area contributed by atoms with Crippen LogP contribution in [0.3, 0.4) is 0 Å². The van der Waals surface area contributed by atoms with Crippen LogP contribution in [0, 0.1) is 5.82 Å².